The second-order valence-corrected chi connectivity index (χ2v) is 4.95. The van der Waals surface area contributed by atoms with E-state index >= 15 is 0 Å². The smallest absolute Gasteiger partial charge is 0.230 e. The summed E-state index contributed by atoms with van der Waals surface area (Å²) in [7, 11) is 3.65. The van der Waals surface area contributed by atoms with E-state index in [0.29, 0.717) is 18.4 Å². The van der Waals surface area contributed by atoms with E-state index in [9.17, 15) is 0 Å². The number of likely N-dealkylation sites (N-methyl/N-ethyl adjacent to an activating group) is 1. The molecule has 0 spiro atoms. The second-order valence-electron chi connectivity index (χ2n) is 4.95. The average molecular weight is 286 g/mol. The van der Waals surface area contributed by atoms with Crippen molar-refractivity contribution in [2.45, 2.75) is 6.92 Å². The third-order valence-electron chi connectivity index (χ3n) is 3.35. The predicted molar refractivity (Wildman–Crippen MR) is 81.8 cm³/mol. The highest BCUT2D eigenvalue weighted by atomic mass is 16.5. The topological polar surface area (TPSA) is 59.5 Å². The monoisotopic (exact) mass is 286 g/mol. The molecule has 6 heteroatoms. The zero-order valence-electron chi connectivity index (χ0n) is 12.4. The van der Waals surface area contributed by atoms with E-state index in [1.54, 1.807) is 13.2 Å². The van der Waals surface area contributed by atoms with Gasteiger partial charge in [-0.1, -0.05) is 0 Å². The summed E-state index contributed by atoms with van der Waals surface area (Å²) in [6.07, 6.45) is 0. The van der Waals surface area contributed by atoms with Gasteiger partial charge < -0.3 is 19.7 Å². The number of aryl methyl sites for hydroxylation is 1. The molecule has 0 amide bonds. The number of anilines is 3. The van der Waals surface area contributed by atoms with E-state index in [-0.39, 0.29) is 0 Å². The molecule has 1 aliphatic rings. The van der Waals surface area contributed by atoms with Gasteiger partial charge in [0, 0.05) is 24.5 Å². The largest absolute Gasteiger partial charge is 0.490 e. The van der Waals surface area contributed by atoms with Crippen molar-refractivity contribution in [1.29, 1.82) is 0 Å². The van der Waals surface area contributed by atoms with Crippen molar-refractivity contribution in [2.75, 3.05) is 37.5 Å². The Hall–Kier alpha value is -2.50. The predicted octanol–water partition coefficient (Wildman–Crippen LogP) is 2.37. The molecule has 0 radical (unpaired) electrons. The lowest BCUT2D eigenvalue weighted by molar-refractivity contribution is 0.311. The first-order valence-electron chi connectivity index (χ1n) is 6.80. The lowest BCUT2D eigenvalue weighted by Crippen LogP contribution is -2.28. The maximum atomic E-state index is 5.63. The van der Waals surface area contributed by atoms with Gasteiger partial charge in [0.25, 0.3) is 0 Å². The Labute approximate surface area is 123 Å². The number of nitrogens with one attached hydrogen (secondary N) is 1. The summed E-state index contributed by atoms with van der Waals surface area (Å²) in [5.41, 5.74) is 2.83. The molecule has 0 fully saturated rings. The quantitative estimate of drug-likeness (QED) is 0.934. The van der Waals surface area contributed by atoms with Crippen LogP contribution in [0.5, 0.6) is 11.6 Å². The maximum absolute atomic E-state index is 5.63. The summed E-state index contributed by atoms with van der Waals surface area (Å²) in [5, 5.41) is 3.21. The maximum Gasteiger partial charge on any atom is 0.230 e. The number of hydrogen-bond donors (Lipinski definition) is 1. The fourth-order valence-electron chi connectivity index (χ4n) is 2.26. The molecule has 1 aromatic heterocycles. The summed E-state index contributed by atoms with van der Waals surface area (Å²) in [6.45, 7) is 3.50. The highest BCUT2D eigenvalue weighted by Gasteiger charge is 2.15. The van der Waals surface area contributed by atoms with Crippen molar-refractivity contribution in [3.8, 4) is 11.6 Å². The molecule has 2 aromatic rings. The van der Waals surface area contributed by atoms with Crippen molar-refractivity contribution in [2.24, 2.45) is 0 Å². The van der Waals surface area contributed by atoms with Gasteiger partial charge in [-0.25, -0.2) is 4.98 Å². The summed E-state index contributed by atoms with van der Waals surface area (Å²) in [6, 6.07) is 7.74. The molecule has 0 saturated carbocycles. The van der Waals surface area contributed by atoms with E-state index in [1.807, 2.05) is 25.1 Å². The number of aromatic nitrogens is 2. The van der Waals surface area contributed by atoms with Crippen LogP contribution in [0.2, 0.25) is 0 Å². The third-order valence-corrected chi connectivity index (χ3v) is 3.35. The highest BCUT2D eigenvalue weighted by Crippen LogP contribution is 2.33. The lowest BCUT2D eigenvalue weighted by atomic mass is 10.2. The molecule has 1 aromatic carbocycles. The number of fused-ring (bicyclic) bond motifs is 1. The van der Waals surface area contributed by atoms with Crippen LogP contribution in [0.1, 0.15) is 5.69 Å². The first kappa shape index (κ1) is 13.5. The van der Waals surface area contributed by atoms with Gasteiger partial charge in [-0.15, -0.1) is 0 Å². The fraction of sp³-hybridized carbons (Fsp3) is 0.333. The van der Waals surface area contributed by atoms with Crippen LogP contribution in [-0.4, -0.2) is 37.3 Å². The molecular formula is C15H18N4O2. The highest BCUT2D eigenvalue weighted by molar-refractivity contribution is 5.69. The van der Waals surface area contributed by atoms with Gasteiger partial charge in [-0.2, -0.15) is 4.98 Å². The SMILES string of the molecule is COc1cc(C)nc(Nc2ccc3c(c2)N(C)CCO3)n1. The molecule has 21 heavy (non-hydrogen) atoms. The van der Waals surface area contributed by atoms with Crippen LogP contribution in [0.15, 0.2) is 24.3 Å². The van der Waals surface area contributed by atoms with E-state index in [4.69, 9.17) is 9.47 Å². The Kier molecular flexibility index (Phi) is 3.51. The van der Waals surface area contributed by atoms with E-state index in [2.05, 4.69) is 27.2 Å². The number of hydrogen-bond acceptors (Lipinski definition) is 6. The van der Waals surface area contributed by atoms with Gasteiger partial charge in [-0.05, 0) is 25.1 Å². The molecule has 110 valence electrons. The Morgan fingerprint density at radius 2 is 2.14 bits per heavy atom. The molecule has 3 rings (SSSR count). The van der Waals surface area contributed by atoms with Crippen molar-refractivity contribution in [1.82, 2.24) is 9.97 Å². The van der Waals surface area contributed by atoms with Crippen LogP contribution < -0.4 is 19.7 Å². The minimum absolute atomic E-state index is 0.520. The molecular weight excluding hydrogens is 268 g/mol. The van der Waals surface area contributed by atoms with E-state index in [0.717, 1.165) is 29.4 Å². The van der Waals surface area contributed by atoms with Crippen molar-refractivity contribution in [3.05, 3.63) is 30.0 Å². The molecule has 1 aliphatic heterocycles. The van der Waals surface area contributed by atoms with Crippen LogP contribution in [-0.2, 0) is 0 Å². The molecule has 0 bridgehead atoms. The summed E-state index contributed by atoms with van der Waals surface area (Å²) in [4.78, 5) is 10.8. The number of rotatable bonds is 3. The fourth-order valence-corrected chi connectivity index (χ4v) is 2.26. The first-order valence-corrected chi connectivity index (χ1v) is 6.80. The minimum atomic E-state index is 0.520. The van der Waals surface area contributed by atoms with Gasteiger partial charge in [0.1, 0.15) is 12.4 Å². The number of benzene rings is 1. The molecule has 2 heterocycles. The van der Waals surface area contributed by atoms with Crippen molar-refractivity contribution < 1.29 is 9.47 Å². The standard InChI is InChI=1S/C15H18N4O2/c1-10-8-14(20-3)18-15(16-10)17-11-4-5-13-12(9-11)19(2)6-7-21-13/h4-5,8-9H,6-7H2,1-3H3,(H,16,17,18). The average Bonchev–Trinajstić information content (AvgIpc) is 2.47. The molecule has 0 saturated heterocycles. The lowest BCUT2D eigenvalue weighted by Gasteiger charge is -2.28. The Morgan fingerprint density at radius 3 is 2.95 bits per heavy atom. The van der Waals surface area contributed by atoms with Crippen LogP contribution in [0.3, 0.4) is 0 Å². The van der Waals surface area contributed by atoms with Crippen LogP contribution in [0, 0.1) is 6.92 Å². The van der Waals surface area contributed by atoms with Gasteiger partial charge in [0.15, 0.2) is 0 Å². The van der Waals surface area contributed by atoms with Crippen LogP contribution >= 0.6 is 0 Å². The summed E-state index contributed by atoms with van der Waals surface area (Å²) in [5.74, 6) is 1.96. The van der Waals surface area contributed by atoms with E-state index in [1.165, 1.54) is 0 Å². The molecule has 1 N–H and O–H groups in total. The van der Waals surface area contributed by atoms with Crippen molar-refractivity contribution >= 4 is 17.3 Å². The third kappa shape index (κ3) is 2.84. The zero-order valence-corrected chi connectivity index (χ0v) is 12.4. The van der Waals surface area contributed by atoms with Crippen LogP contribution in [0.4, 0.5) is 17.3 Å². The van der Waals surface area contributed by atoms with Gasteiger partial charge >= 0.3 is 0 Å². The Morgan fingerprint density at radius 1 is 1.29 bits per heavy atom. The van der Waals surface area contributed by atoms with Gasteiger partial charge in [-0.3, -0.25) is 0 Å². The summed E-state index contributed by atoms with van der Waals surface area (Å²) >= 11 is 0. The van der Waals surface area contributed by atoms with Crippen LogP contribution in [0.25, 0.3) is 0 Å². The minimum Gasteiger partial charge on any atom is -0.490 e. The van der Waals surface area contributed by atoms with Gasteiger partial charge in [0.2, 0.25) is 11.8 Å². The molecule has 0 aliphatic carbocycles. The number of nitrogens with zero attached hydrogens (tertiary/aromatic N) is 3. The number of ether oxygens (including phenoxy) is 2. The Bertz CT molecular complexity index is 660. The second kappa shape index (κ2) is 5.47. The zero-order chi connectivity index (χ0) is 14.8. The molecule has 0 atom stereocenters. The first-order chi connectivity index (χ1) is 10.2. The van der Waals surface area contributed by atoms with E-state index < -0.39 is 0 Å². The number of methoxy groups -OCH3 is 1. The Balaban J connectivity index is 1.88. The van der Waals surface area contributed by atoms with Crippen molar-refractivity contribution in [3.63, 3.8) is 0 Å². The normalized spacial score (nSPS) is 13.4. The molecule has 6 nitrogen and oxygen atoms in total. The molecule has 0 unspecified atom stereocenters. The van der Waals surface area contributed by atoms with Gasteiger partial charge in [0.05, 0.1) is 19.3 Å². The summed E-state index contributed by atoms with van der Waals surface area (Å²) < 4.78 is 10.8.